The smallest absolute Gasteiger partial charge is 0.145 e. The Labute approximate surface area is 198 Å². The van der Waals surface area contributed by atoms with Gasteiger partial charge in [-0.3, -0.25) is 4.57 Å². The van der Waals surface area contributed by atoms with Crippen LogP contribution in [-0.2, 0) is 0 Å². The third-order valence-electron chi connectivity index (χ3n) is 6.14. The highest BCUT2D eigenvalue weighted by atomic mass is 15.1. The maximum atomic E-state index is 5.87. The molecular formula is C31H23N3. The summed E-state index contributed by atoms with van der Waals surface area (Å²) in [5, 5.41) is 0. The fourth-order valence-electron chi connectivity index (χ4n) is 4.43. The number of imidazole rings is 1. The lowest BCUT2D eigenvalue weighted by Gasteiger charge is -2.10. The van der Waals surface area contributed by atoms with Crippen molar-refractivity contribution in [2.45, 2.75) is 0 Å². The van der Waals surface area contributed by atoms with E-state index >= 15 is 0 Å². The van der Waals surface area contributed by atoms with E-state index in [-0.39, 0.29) is 0 Å². The van der Waals surface area contributed by atoms with Gasteiger partial charge in [0, 0.05) is 16.9 Å². The molecule has 0 saturated carbocycles. The first-order valence-corrected chi connectivity index (χ1v) is 11.4. The van der Waals surface area contributed by atoms with Gasteiger partial charge in [0.15, 0.2) is 0 Å². The molecular weight excluding hydrogens is 414 g/mol. The number of para-hydroxylation sites is 1. The lowest BCUT2D eigenvalue weighted by molar-refractivity contribution is 1.10. The lowest BCUT2D eigenvalue weighted by atomic mass is 9.98. The van der Waals surface area contributed by atoms with Gasteiger partial charge >= 0.3 is 0 Å². The van der Waals surface area contributed by atoms with Crippen LogP contribution in [-0.4, -0.2) is 9.55 Å². The minimum absolute atomic E-state index is 0.772. The Morgan fingerprint density at radius 2 is 1.09 bits per heavy atom. The molecule has 3 heteroatoms. The summed E-state index contributed by atoms with van der Waals surface area (Å²) >= 11 is 0. The molecule has 0 atom stereocenters. The number of fused-ring (bicyclic) bond motifs is 1. The van der Waals surface area contributed by atoms with E-state index in [1.165, 1.54) is 0 Å². The summed E-state index contributed by atoms with van der Waals surface area (Å²) in [6, 6.07) is 43.9. The molecule has 0 aliphatic carbocycles. The second-order valence-corrected chi connectivity index (χ2v) is 8.38. The Balaban J connectivity index is 1.49. The van der Waals surface area contributed by atoms with Crippen molar-refractivity contribution in [1.29, 1.82) is 0 Å². The Morgan fingerprint density at radius 3 is 1.82 bits per heavy atom. The van der Waals surface area contributed by atoms with Crippen molar-refractivity contribution < 1.29 is 0 Å². The monoisotopic (exact) mass is 437 g/mol. The minimum atomic E-state index is 0.772. The van der Waals surface area contributed by atoms with Gasteiger partial charge in [-0.2, -0.15) is 0 Å². The van der Waals surface area contributed by atoms with Crippen molar-refractivity contribution >= 4 is 16.7 Å². The fourth-order valence-corrected chi connectivity index (χ4v) is 4.43. The molecule has 6 rings (SSSR count). The van der Waals surface area contributed by atoms with Gasteiger partial charge in [0.1, 0.15) is 5.82 Å². The number of nitrogen functional groups attached to an aromatic ring is 1. The highest BCUT2D eigenvalue weighted by molar-refractivity contribution is 5.88. The van der Waals surface area contributed by atoms with Crippen LogP contribution in [0.3, 0.4) is 0 Å². The zero-order chi connectivity index (χ0) is 22.9. The molecule has 2 N–H and O–H groups in total. The van der Waals surface area contributed by atoms with Crippen molar-refractivity contribution in [2.75, 3.05) is 5.73 Å². The van der Waals surface area contributed by atoms with Gasteiger partial charge in [-0.1, -0.05) is 84.9 Å². The van der Waals surface area contributed by atoms with Crippen molar-refractivity contribution in [3.8, 4) is 39.3 Å². The highest BCUT2D eigenvalue weighted by Gasteiger charge is 2.15. The van der Waals surface area contributed by atoms with Crippen LogP contribution in [0.5, 0.6) is 0 Å². The van der Waals surface area contributed by atoms with Gasteiger partial charge in [-0.25, -0.2) is 4.98 Å². The summed E-state index contributed by atoms with van der Waals surface area (Å²) in [5.74, 6) is 0.939. The molecule has 0 bridgehead atoms. The van der Waals surface area contributed by atoms with Gasteiger partial charge < -0.3 is 5.73 Å². The van der Waals surface area contributed by atoms with Crippen LogP contribution in [0.1, 0.15) is 0 Å². The molecule has 0 aliphatic heterocycles. The molecule has 0 amide bonds. The third-order valence-corrected chi connectivity index (χ3v) is 6.14. The summed E-state index contributed by atoms with van der Waals surface area (Å²) in [6.07, 6.45) is 0. The largest absolute Gasteiger partial charge is 0.399 e. The molecule has 0 saturated heterocycles. The second kappa shape index (κ2) is 8.38. The molecule has 6 aromatic rings. The number of anilines is 1. The van der Waals surface area contributed by atoms with E-state index in [0.29, 0.717) is 0 Å². The van der Waals surface area contributed by atoms with Gasteiger partial charge in [-0.05, 0) is 64.7 Å². The van der Waals surface area contributed by atoms with E-state index < -0.39 is 0 Å². The van der Waals surface area contributed by atoms with Crippen LogP contribution in [0.2, 0.25) is 0 Å². The normalized spacial score (nSPS) is 11.1. The van der Waals surface area contributed by atoms with Crippen LogP contribution in [0.4, 0.5) is 5.69 Å². The molecule has 34 heavy (non-hydrogen) atoms. The maximum Gasteiger partial charge on any atom is 0.145 e. The standard InChI is InChI=1S/C31H23N3/c32-27-17-14-22(15-18-27)24-10-7-11-25(20-24)26-16-19-30-29(21-26)33-31(23-8-3-1-4-9-23)34(30)28-12-5-2-6-13-28/h1-21H,32H2. The Bertz CT molecular complexity index is 1580. The van der Waals surface area contributed by atoms with Gasteiger partial charge in [0.05, 0.1) is 11.0 Å². The van der Waals surface area contributed by atoms with Crippen molar-refractivity contribution in [3.05, 3.63) is 127 Å². The van der Waals surface area contributed by atoms with Gasteiger partial charge in [0.2, 0.25) is 0 Å². The molecule has 1 aromatic heterocycles. The fraction of sp³-hybridized carbons (Fsp3) is 0. The van der Waals surface area contributed by atoms with Crippen molar-refractivity contribution in [1.82, 2.24) is 9.55 Å². The zero-order valence-corrected chi connectivity index (χ0v) is 18.6. The number of nitrogens with zero attached hydrogens (tertiary/aromatic N) is 2. The molecule has 5 aromatic carbocycles. The average Bonchev–Trinajstić information content (AvgIpc) is 3.29. The predicted octanol–water partition coefficient (Wildman–Crippen LogP) is 7.61. The number of rotatable bonds is 4. The van der Waals surface area contributed by atoms with Crippen LogP contribution in [0.25, 0.3) is 50.4 Å². The van der Waals surface area contributed by atoms with Crippen LogP contribution in [0, 0.1) is 0 Å². The number of hydrogen-bond acceptors (Lipinski definition) is 2. The van der Waals surface area contributed by atoms with E-state index in [0.717, 1.165) is 56.0 Å². The van der Waals surface area contributed by atoms with E-state index in [2.05, 4.69) is 108 Å². The predicted molar refractivity (Wildman–Crippen MR) is 142 cm³/mol. The first-order chi connectivity index (χ1) is 16.8. The number of hydrogen-bond donors (Lipinski definition) is 1. The first kappa shape index (κ1) is 20.0. The Morgan fingerprint density at radius 1 is 0.500 bits per heavy atom. The number of aromatic nitrogens is 2. The zero-order valence-electron chi connectivity index (χ0n) is 18.6. The summed E-state index contributed by atoms with van der Waals surface area (Å²) in [7, 11) is 0. The Kier molecular flexibility index (Phi) is 4.93. The average molecular weight is 438 g/mol. The maximum absolute atomic E-state index is 5.87. The Hall–Kier alpha value is -4.63. The molecule has 162 valence electrons. The van der Waals surface area contributed by atoms with Crippen LogP contribution in [0.15, 0.2) is 127 Å². The molecule has 1 heterocycles. The summed E-state index contributed by atoms with van der Waals surface area (Å²) in [4.78, 5) is 5.08. The quantitative estimate of drug-likeness (QED) is 0.288. The number of benzene rings is 5. The summed E-state index contributed by atoms with van der Waals surface area (Å²) in [5.41, 5.74) is 15.5. The van der Waals surface area contributed by atoms with E-state index in [4.69, 9.17) is 10.7 Å². The molecule has 0 radical (unpaired) electrons. The molecule has 0 aliphatic rings. The first-order valence-electron chi connectivity index (χ1n) is 11.4. The van der Waals surface area contributed by atoms with E-state index in [9.17, 15) is 0 Å². The van der Waals surface area contributed by atoms with Gasteiger partial charge in [0.25, 0.3) is 0 Å². The highest BCUT2D eigenvalue weighted by Crippen LogP contribution is 2.33. The van der Waals surface area contributed by atoms with E-state index in [1.54, 1.807) is 0 Å². The number of nitrogens with two attached hydrogens (primary N) is 1. The minimum Gasteiger partial charge on any atom is -0.399 e. The lowest BCUT2D eigenvalue weighted by Crippen LogP contribution is -1.97. The molecule has 3 nitrogen and oxygen atoms in total. The van der Waals surface area contributed by atoms with Crippen molar-refractivity contribution in [3.63, 3.8) is 0 Å². The van der Waals surface area contributed by atoms with Crippen molar-refractivity contribution in [2.24, 2.45) is 0 Å². The summed E-state index contributed by atoms with van der Waals surface area (Å²) in [6.45, 7) is 0. The van der Waals surface area contributed by atoms with Crippen LogP contribution >= 0.6 is 0 Å². The second-order valence-electron chi connectivity index (χ2n) is 8.38. The SMILES string of the molecule is Nc1ccc(-c2cccc(-c3ccc4c(c3)nc(-c3ccccc3)n4-c3ccccc3)c2)cc1. The molecule has 0 spiro atoms. The topological polar surface area (TPSA) is 43.8 Å². The molecule has 0 unspecified atom stereocenters. The van der Waals surface area contributed by atoms with Gasteiger partial charge in [-0.15, -0.1) is 0 Å². The van der Waals surface area contributed by atoms with Crippen LogP contribution < -0.4 is 5.73 Å². The molecule has 0 fully saturated rings. The third kappa shape index (κ3) is 3.63. The van der Waals surface area contributed by atoms with E-state index in [1.807, 2.05) is 24.3 Å². The summed E-state index contributed by atoms with van der Waals surface area (Å²) < 4.78 is 2.24.